The molecule has 92 valence electrons. The molecule has 0 spiro atoms. The Hall–Kier alpha value is -0.670. The lowest BCUT2D eigenvalue weighted by Crippen LogP contribution is -2.40. The molecule has 0 aliphatic heterocycles. The Morgan fingerprint density at radius 1 is 1.50 bits per heavy atom. The first kappa shape index (κ1) is 13.4. The highest BCUT2D eigenvalue weighted by Crippen LogP contribution is 2.27. The second-order valence-electron chi connectivity index (χ2n) is 5.34. The van der Waals surface area contributed by atoms with Gasteiger partial charge in [-0.2, -0.15) is 5.48 Å². The highest BCUT2D eigenvalue weighted by atomic mass is 16.7. The summed E-state index contributed by atoms with van der Waals surface area (Å²) in [4.78, 5) is 16.3. The molecule has 2 N–H and O–H groups in total. The lowest BCUT2D eigenvalue weighted by atomic mass is 9.83. The molecule has 0 saturated heterocycles. The number of carbonyl (C=O) groups excluding carboxylic acids is 1. The van der Waals surface area contributed by atoms with E-state index in [0.29, 0.717) is 12.0 Å². The van der Waals surface area contributed by atoms with Crippen molar-refractivity contribution in [1.82, 2.24) is 5.48 Å². The predicted molar refractivity (Wildman–Crippen MR) is 61.4 cm³/mol. The predicted octanol–water partition coefficient (Wildman–Crippen LogP) is 1.23. The van der Waals surface area contributed by atoms with Crippen LogP contribution in [-0.4, -0.2) is 29.3 Å². The van der Waals surface area contributed by atoms with Crippen LogP contribution in [0.2, 0.25) is 0 Å². The van der Waals surface area contributed by atoms with E-state index in [0.717, 1.165) is 12.8 Å². The number of nitrogens with one attached hydrogen (secondary N) is 1. The second-order valence-corrected chi connectivity index (χ2v) is 5.34. The molecule has 4 heteroatoms. The Kier molecular flexibility index (Phi) is 4.69. The Bertz CT molecular complexity index is 276. The zero-order valence-electron chi connectivity index (χ0n) is 10.2. The summed E-state index contributed by atoms with van der Waals surface area (Å²) >= 11 is 0. The number of rotatable bonds is 3. The molecule has 0 heterocycles. The molecule has 0 aromatic carbocycles. The molecule has 1 aliphatic carbocycles. The molecule has 0 bridgehead atoms. The van der Waals surface area contributed by atoms with Crippen molar-refractivity contribution in [3.63, 3.8) is 0 Å². The lowest BCUT2D eigenvalue weighted by Gasteiger charge is -2.31. The van der Waals surface area contributed by atoms with Crippen molar-refractivity contribution in [1.29, 1.82) is 0 Å². The Morgan fingerprint density at radius 2 is 2.19 bits per heavy atom. The normalized spacial score (nSPS) is 26.6. The third-order valence-electron chi connectivity index (χ3n) is 2.69. The van der Waals surface area contributed by atoms with E-state index in [1.54, 1.807) is 0 Å². The van der Waals surface area contributed by atoms with Crippen LogP contribution >= 0.6 is 0 Å². The van der Waals surface area contributed by atoms with E-state index in [9.17, 15) is 4.79 Å². The highest BCUT2D eigenvalue weighted by Gasteiger charge is 2.27. The van der Waals surface area contributed by atoms with E-state index < -0.39 is 0 Å². The van der Waals surface area contributed by atoms with Crippen LogP contribution in [0, 0.1) is 5.92 Å². The van der Waals surface area contributed by atoms with Gasteiger partial charge in [-0.1, -0.05) is 0 Å². The second kappa shape index (κ2) is 5.60. The average molecular weight is 227 g/mol. The van der Waals surface area contributed by atoms with Crippen molar-refractivity contribution in [3.8, 4) is 0 Å². The van der Waals surface area contributed by atoms with Gasteiger partial charge in [0.05, 0.1) is 11.6 Å². The molecule has 1 saturated carbocycles. The van der Waals surface area contributed by atoms with Gasteiger partial charge in [0, 0.05) is 12.2 Å². The zero-order chi connectivity index (χ0) is 12.2. The summed E-state index contributed by atoms with van der Waals surface area (Å²) in [6, 6.07) is -0.0560. The van der Waals surface area contributed by atoms with Crippen molar-refractivity contribution in [2.75, 3.05) is 6.61 Å². The average Bonchev–Trinajstić information content (AvgIpc) is 2.25. The number of aliphatic hydroxyl groups excluding tert-OH is 1. The van der Waals surface area contributed by atoms with E-state index >= 15 is 0 Å². The van der Waals surface area contributed by atoms with Crippen LogP contribution < -0.4 is 5.48 Å². The number of hydrogen-bond acceptors (Lipinski definition) is 4. The van der Waals surface area contributed by atoms with E-state index in [4.69, 9.17) is 9.94 Å². The fourth-order valence-electron chi connectivity index (χ4n) is 1.78. The van der Waals surface area contributed by atoms with Crippen LogP contribution in [0.5, 0.6) is 0 Å². The molecule has 1 fully saturated rings. The first-order valence-electron chi connectivity index (χ1n) is 5.74. The van der Waals surface area contributed by atoms with Gasteiger partial charge in [0.25, 0.3) is 0 Å². The third kappa shape index (κ3) is 4.06. The minimum Gasteiger partial charge on any atom is -0.396 e. The van der Waals surface area contributed by atoms with Gasteiger partial charge >= 0.3 is 0 Å². The summed E-state index contributed by atoms with van der Waals surface area (Å²) in [5.74, 6) is 2.17. The maximum absolute atomic E-state index is 10.8. The van der Waals surface area contributed by atoms with Crippen LogP contribution in [-0.2, 0) is 9.63 Å². The van der Waals surface area contributed by atoms with Crippen LogP contribution in [0.4, 0.5) is 0 Å². The van der Waals surface area contributed by atoms with Crippen LogP contribution in [0.15, 0.2) is 5.57 Å². The molecule has 0 unspecified atom stereocenters. The molecule has 0 amide bonds. The fourth-order valence-corrected chi connectivity index (χ4v) is 1.78. The largest absolute Gasteiger partial charge is 0.396 e. The molecule has 0 aromatic heterocycles. The van der Waals surface area contributed by atoms with Crippen molar-refractivity contribution < 1.29 is 14.7 Å². The van der Waals surface area contributed by atoms with Crippen molar-refractivity contribution >= 4 is 5.94 Å². The van der Waals surface area contributed by atoms with Gasteiger partial charge in [0.15, 0.2) is 0 Å². The summed E-state index contributed by atoms with van der Waals surface area (Å²) in [7, 11) is 0. The quantitative estimate of drug-likeness (QED) is 0.562. The first-order chi connectivity index (χ1) is 7.46. The topological polar surface area (TPSA) is 58.6 Å². The first-order valence-corrected chi connectivity index (χ1v) is 5.74. The lowest BCUT2D eigenvalue weighted by molar-refractivity contribution is -0.0871. The minimum absolute atomic E-state index is 0.0560. The molecule has 16 heavy (non-hydrogen) atoms. The van der Waals surface area contributed by atoms with E-state index in [2.05, 4.69) is 5.48 Å². The van der Waals surface area contributed by atoms with Crippen LogP contribution in [0.1, 0.15) is 40.0 Å². The van der Waals surface area contributed by atoms with Gasteiger partial charge in [-0.3, -0.25) is 4.84 Å². The van der Waals surface area contributed by atoms with E-state index in [1.807, 2.05) is 26.7 Å². The van der Waals surface area contributed by atoms with Gasteiger partial charge in [-0.15, -0.1) is 0 Å². The SMILES string of the molecule is CC(C)(C)ON[C@H]1CC[C@H](CO)CC1=C=O. The summed E-state index contributed by atoms with van der Waals surface area (Å²) in [6.45, 7) is 5.98. The number of hydroxylamine groups is 1. The molecule has 0 aromatic rings. The number of aliphatic hydroxyl groups is 1. The van der Waals surface area contributed by atoms with Gasteiger partial charge < -0.3 is 5.11 Å². The van der Waals surface area contributed by atoms with Gasteiger partial charge in [-0.25, -0.2) is 4.79 Å². The maximum Gasteiger partial charge on any atom is 0.125 e. The van der Waals surface area contributed by atoms with Crippen LogP contribution in [0.25, 0.3) is 0 Å². The molecule has 2 atom stereocenters. The van der Waals surface area contributed by atoms with E-state index in [-0.39, 0.29) is 24.2 Å². The van der Waals surface area contributed by atoms with E-state index in [1.165, 1.54) is 0 Å². The summed E-state index contributed by atoms with van der Waals surface area (Å²) in [6.07, 6.45) is 2.34. The smallest absolute Gasteiger partial charge is 0.125 e. The van der Waals surface area contributed by atoms with Crippen LogP contribution in [0.3, 0.4) is 0 Å². The van der Waals surface area contributed by atoms with Gasteiger partial charge in [0.1, 0.15) is 5.94 Å². The Morgan fingerprint density at radius 3 is 2.69 bits per heavy atom. The molecule has 4 nitrogen and oxygen atoms in total. The molecular formula is C12H21NO3. The zero-order valence-corrected chi connectivity index (χ0v) is 10.2. The summed E-state index contributed by atoms with van der Waals surface area (Å²) < 4.78 is 0. The summed E-state index contributed by atoms with van der Waals surface area (Å²) in [5.41, 5.74) is 3.33. The highest BCUT2D eigenvalue weighted by molar-refractivity contribution is 5.55. The number of hydrogen-bond donors (Lipinski definition) is 2. The van der Waals surface area contributed by atoms with Crippen molar-refractivity contribution in [2.45, 2.75) is 51.7 Å². The summed E-state index contributed by atoms with van der Waals surface area (Å²) in [5, 5.41) is 9.05. The van der Waals surface area contributed by atoms with Gasteiger partial charge in [0.2, 0.25) is 0 Å². The molecule has 0 radical (unpaired) electrons. The molecule has 1 aliphatic rings. The van der Waals surface area contributed by atoms with Crippen molar-refractivity contribution in [3.05, 3.63) is 5.57 Å². The third-order valence-corrected chi connectivity index (χ3v) is 2.69. The fraction of sp³-hybridized carbons (Fsp3) is 0.833. The Labute approximate surface area is 96.6 Å². The monoisotopic (exact) mass is 227 g/mol. The Balaban J connectivity index is 2.52. The minimum atomic E-state index is -0.276. The maximum atomic E-state index is 10.8. The van der Waals surface area contributed by atoms with Crippen molar-refractivity contribution in [2.24, 2.45) is 5.92 Å². The standard InChI is InChI=1S/C12H21NO3/c1-12(2,3)16-13-11-5-4-9(7-14)6-10(11)8-15/h9,11,13-14H,4-7H2,1-3H3/t9-,11-/m0/s1. The van der Waals surface area contributed by atoms with Gasteiger partial charge in [-0.05, 0) is 46.0 Å². The molecule has 1 rings (SSSR count). The molecular weight excluding hydrogens is 206 g/mol.